The summed E-state index contributed by atoms with van der Waals surface area (Å²) in [6.45, 7) is 0.954. The van der Waals surface area contributed by atoms with Gasteiger partial charge in [-0.2, -0.15) is 0 Å². The molecule has 20 heavy (non-hydrogen) atoms. The molecule has 1 atom stereocenters. The number of nitrogens with zero attached hydrogens (tertiary/aromatic N) is 1. The standard InChI is InChI=1S/C16H18N2O2/c1-19-14-9-12-5-8-18-16(11-3-6-17-7-4-11)13(12)10-15(14)20-2/h3-4,6-7,9-10,16,18H,5,8H2,1-2H3/t16-/m1/s1. The normalized spacial score (nSPS) is 17.4. The molecule has 0 saturated heterocycles. The third-order valence-electron chi connectivity index (χ3n) is 3.74. The van der Waals surface area contributed by atoms with E-state index < -0.39 is 0 Å². The van der Waals surface area contributed by atoms with Crippen molar-refractivity contribution in [3.8, 4) is 11.5 Å². The lowest BCUT2D eigenvalue weighted by atomic mass is 9.90. The fourth-order valence-electron chi connectivity index (χ4n) is 2.74. The summed E-state index contributed by atoms with van der Waals surface area (Å²) >= 11 is 0. The molecule has 1 aliphatic rings. The molecule has 1 aromatic carbocycles. The number of benzene rings is 1. The fourth-order valence-corrected chi connectivity index (χ4v) is 2.74. The number of hydrogen-bond donors (Lipinski definition) is 1. The minimum atomic E-state index is 0.182. The second kappa shape index (κ2) is 5.51. The smallest absolute Gasteiger partial charge is 0.161 e. The lowest BCUT2D eigenvalue weighted by Gasteiger charge is -2.28. The van der Waals surface area contributed by atoms with Crippen molar-refractivity contribution in [1.82, 2.24) is 10.3 Å². The Morgan fingerprint density at radius 1 is 1.10 bits per heavy atom. The van der Waals surface area contributed by atoms with Crippen LogP contribution in [0.15, 0.2) is 36.7 Å². The van der Waals surface area contributed by atoms with Crippen LogP contribution in [0.3, 0.4) is 0 Å². The van der Waals surface area contributed by atoms with Crippen molar-refractivity contribution in [2.45, 2.75) is 12.5 Å². The van der Waals surface area contributed by atoms with E-state index in [1.54, 1.807) is 14.2 Å². The largest absolute Gasteiger partial charge is 0.493 e. The summed E-state index contributed by atoms with van der Waals surface area (Å²) in [6.07, 6.45) is 4.65. The van der Waals surface area contributed by atoms with Crippen LogP contribution < -0.4 is 14.8 Å². The average molecular weight is 270 g/mol. The zero-order valence-electron chi connectivity index (χ0n) is 11.7. The van der Waals surface area contributed by atoms with Crippen LogP contribution >= 0.6 is 0 Å². The summed E-state index contributed by atoms with van der Waals surface area (Å²) in [4.78, 5) is 4.08. The Labute approximate surface area is 118 Å². The van der Waals surface area contributed by atoms with Crippen LogP contribution in [-0.2, 0) is 6.42 Å². The molecule has 0 amide bonds. The van der Waals surface area contributed by atoms with Gasteiger partial charge in [-0.3, -0.25) is 4.98 Å². The van der Waals surface area contributed by atoms with Gasteiger partial charge in [0, 0.05) is 18.9 Å². The van der Waals surface area contributed by atoms with Gasteiger partial charge in [0.05, 0.1) is 20.3 Å². The van der Waals surface area contributed by atoms with Crippen LogP contribution in [-0.4, -0.2) is 25.7 Å². The molecule has 0 saturated carbocycles. The molecule has 1 aromatic heterocycles. The molecule has 2 aromatic rings. The Kier molecular flexibility index (Phi) is 3.56. The minimum absolute atomic E-state index is 0.182. The number of fused-ring (bicyclic) bond motifs is 1. The van der Waals surface area contributed by atoms with Gasteiger partial charge in [-0.15, -0.1) is 0 Å². The molecule has 0 spiro atoms. The van der Waals surface area contributed by atoms with E-state index in [-0.39, 0.29) is 6.04 Å². The molecule has 0 bridgehead atoms. The summed E-state index contributed by atoms with van der Waals surface area (Å²) in [7, 11) is 3.34. The first-order chi connectivity index (χ1) is 9.83. The Bertz CT molecular complexity index is 599. The first kappa shape index (κ1) is 12.9. The monoisotopic (exact) mass is 270 g/mol. The second-order valence-electron chi connectivity index (χ2n) is 4.82. The van der Waals surface area contributed by atoms with Crippen LogP contribution in [0.5, 0.6) is 11.5 Å². The second-order valence-corrected chi connectivity index (χ2v) is 4.82. The summed E-state index contributed by atoms with van der Waals surface area (Å²) in [5.74, 6) is 1.57. The summed E-state index contributed by atoms with van der Waals surface area (Å²) in [5.41, 5.74) is 3.77. The number of pyridine rings is 1. The molecule has 0 fully saturated rings. The van der Waals surface area contributed by atoms with E-state index in [0.717, 1.165) is 24.5 Å². The molecular weight excluding hydrogens is 252 g/mol. The van der Waals surface area contributed by atoms with E-state index in [9.17, 15) is 0 Å². The van der Waals surface area contributed by atoms with Gasteiger partial charge >= 0.3 is 0 Å². The van der Waals surface area contributed by atoms with Crippen molar-refractivity contribution in [3.05, 3.63) is 53.3 Å². The molecule has 1 N–H and O–H groups in total. The topological polar surface area (TPSA) is 43.4 Å². The van der Waals surface area contributed by atoms with Gasteiger partial charge in [-0.1, -0.05) is 0 Å². The third-order valence-corrected chi connectivity index (χ3v) is 3.74. The van der Waals surface area contributed by atoms with Gasteiger partial charge in [-0.05, 0) is 47.4 Å². The number of aromatic nitrogens is 1. The maximum absolute atomic E-state index is 5.42. The van der Waals surface area contributed by atoms with Gasteiger partial charge in [0.2, 0.25) is 0 Å². The van der Waals surface area contributed by atoms with E-state index in [4.69, 9.17) is 9.47 Å². The Balaban J connectivity index is 2.08. The molecule has 1 aliphatic heterocycles. The summed E-state index contributed by atoms with van der Waals surface area (Å²) < 4.78 is 10.8. The maximum atomic E-state index is 5.42. The molecule has 0 radical (unpaired) electrons. The van der Waals surface area contributed by atoms with E-state index >= 15 is 0 Å². The number of rotatable bonds is 3. The van der Waals surface area contributed by atoms with Crippen molar-refractivity contribution in [2.75, 3.05) is 20.8 Å². The van der Waals surface area contributed by atoms with Crippen LogP contribution in [0.2, 0.25) is 0 Å². The van der Waals surface area contributed by atoms with E-state index in [1.807, 2.05) is 24.5 Å². The van der Waals surface area contributed by atoms with E-state index in [2.05, 4.69) is 22.4 Å². The van der Waals surface area contributed by atoms with Crippen LogP contribution in [0, 0.1) is 0 Å². The maximum Gasteiger partial charge on any atom is 0.161 e. The molecule has 3 rings (SSSR count). The summed E-state index contributed by atoms with van der Waals surface area (Å²) in [5, 5.41) is 3.56. The summed E-state index contributed by atoms with van der Waals surface area (Å²) in [6, 6.07) is 8.43. The number of methoxy groups -OCH3 is 2. The average Bonchev–Trinajstić information content (AvgIpc) is 2.53. The molecular formula is C16H18N2O2. The van der Waals surface area contributed by atoms with Crippen molar-refractivity contribution in [2.24, 2.45) is 0 Å². The molecule has 104 valence electrons. The Morgan fingerprint density at radius 2 is 1.80 bits per heavy atom. The first-order valence-electron chi connectivity index (χ1n) is 6.71. The number of hydrogen-bond acceptors (Lipinski definition) is 4. The van der Waals surface area contributed by atoms with Gasteiger partial charge in [0.1, 0.15) is 0 Å². The highest BCUT2D eigenvalue weighted by Gasteiger charge is 2.23. The SMILES string of the molecule is COc1cc2c(cc1OC)[C@@H](c1ccncc1)NCC2. The zero-order valence-corrected chi connectivity index (χ0v) is 11.7. The Morgan fingerprint density at radius 3 is 2.50 bits per heavy atom. The highest BCUT2D eigenvalue weighted by Crippen LogP contribution is 2.37. The molecule has 2 heterocycles. The minimum Gasteiger partial charge on any atom is -0.493 e. The predicted molar refractivity (Wildman–Crippen MR) is 77.3 cm³/mol. The lowest BCUT2D eigenvalue weighted by molar-refractivity contribution is 0.353. The van der Waals surface area contributed by atoms with Crippen molar-refractivity contribution in [3.63, 3.8) is 0 Å². The zero-order chi connectivity index (χ0) is 13.9. The molecule has 4 nitrogen and oxygen atoms in total. The number of nitrogens with one attached hydrogen (secondary N) is 1. The van der Waals surface area contributed by atoms with Crippen molar-refractivity contribution in [1.29, 1.82) is 0 Å². The van der Waals surface area contributed by atoms with Gasteiger partial charge in [0.25, 0.3) is 0 Å². The molecule has 0 aliphatic carbocycles. The lowest BCUT2D eigenvalue weighted by Crippen LogP contribution is -2.30. The van der Waals surface area contributed by atoms with Crippen molar-refractivity contribution < 1.29 is 9.47 Å². The first-order valence-corrected chi connectivity index (χ1v) is 6.71. The molecule has 0 unspecified atom stereocenters. The Hall–Kier alpha value is -2.07. The number of ether oxygens (including phenoxy) is 2. The van der Waals surface area contributed by atoms with Gasteiger partial charge in [0.15, 0.2) is 11.5 Å². The predicted octanol–water partition coefficient (Wildman–Crippen LogP) is 2.33. The van der Waals surface area contributed by atoms with Crippen LogP contribution in [0.25, 0.3) is 0 Å². The van der Waals surface area contributed by atoms with Crippen molar-refractivity contribution >= 4 is 0 Å². The van der Waals surface area contributed by atoms with E-state index in [1.165, 1.54) is 16.7 Å². The van der Waals surface area contributed by atoms with E-state index in [0.29, 0.717) is 0 Å². The van der Waals surface area contributed by atoms with Crippen LogP contribution in [0.4, 0.5) is 0 Å². The van der Waals surface area contributed by atoms with Gasteiger partial charge < -0.3 is 14.8 Å². The highest BCUT2D eigenvalue weighted by molar-refractivity contribution is 5.51. The van der Waals surface area contributed by atoms with Gasteiger partial charge in [-0.25, -0.2) is 0 Å². The quantitative estimate of drug-likeness (QED) is 0.929. The fraction of sp³-hybridized carbons (Fsp3) is 0.312. The third kappa shape index (κ3) is 2.23. The highest BCUT2D eigenvalue weighted by atomic mass is 16.5. The van der Waals surface area contributed by atoms with Crippen LogP contribution in [0.1, 0.15) is 22.7 Å². The molecule has 4 heteroatoms.